The predicted molar refractivity (Wildman–Crippen MR) is 90.1 cm³/mol. The number of nitrogens with two attached hydrogens (primary N) is 1. The first kappa shape index (κ1) is 18.6. The van der Waals surface area contributed by atoms with Gasteiger partial charge in [0.2, 0.25) is 17.7 Å². The fraction of sp³-hybridized carbons (Fsp3) is 0.733. The van der Waals surface area contributed by atoms with Crippen molar-refractivity contribution in [3.05, 3.63) is 0 Å². The van der Waals surface area contributed by atoms with Gasteiger partial charge in [0, 0.05) is 25.3 Å². The van der Waals surface area contributed by atoms with Crippen LogP contribution < -0.4 is 11.1 Å². The van der Waals surface area contributed by atoms with Crippen LogP contribution in [-0.2, 0) is 14.4 Å². The van der Waals surface area contributed by atoms with Gasteiger partial charge in [-0.3, -0.25) is 19.3 Å². The van der Waals surface area contributed by atoms with Crippen molar-refractivity contribution in [2.45, 2.75) is 38.3 Å². The second kappa shape index (κ2) is 7.87. The van der Waals surface area contributed by atoms with E-state index in [0.717, 1.165) is 4.90 Å². The van der Waals surface area contributed by atoms with Crippen molar-refractivity contribution < 1.29 is 19.2 Å². The third kappa shape index (κ3) is 4.00. The number of hydrogen-bond donors (Lipinski definition) is 2. The number of rotatable bonds is 5. The van der Waals surface area contributed by atoms with Gasteiger partial charge in [0.05, 0.1) is 0 Å². The molecule has 0 aromatic heterocycles. The molecule has 9 heteroatoms. The van der Waals surface area contributed by atoms with Crippen molar-refractivity contribution in [3.8, 4) is 0 Å². The molecule has 2 saturated heterocycles. The van der Waals surface area contributed by atoms with Gasteiger partial charge in [-0.15, -0.1) is 0 Å². The third-order valence-electron chi connectivity index (χ3n) is 4.36. The fourth-order valence-corrected chi connectivity index (χ4v) is 3.74. The van der Waals surface area contributed by atoms with E-state index < -0.39 is 24.0 Å². The Morgan fingerprint density at radius 2 is 2.12 bits per heavy atom. The van der Waals surface area contributed by atoms with Crippen molar-refractivity contribution >= 4 is 35.5 Å². The van der Waals surface area contributed by atoms with Crippen LogP contribution in [0.5, 0.6) is 0 Å². The summed E-state index contributed by atoms with van der Waals surface area (Å²) >= 11 is 1.41. The molecular formula is C15H24N4O4S. The number of thioether (sulfide) groups is 1. The number of amides is 5. The van der Waals surface area contributed by atoms with Crippen molar-refractivity contribution in [1.82, 2.24) is 15.1 Å². The molecule has 0 aromatic carbocycles. The minimum Gasteiger partial charge on any atom is -0.368 e. The Morgan fingerprint density at radius 3 is 2.67 bits per heavy atom. The lowest BCUT2D eigenvalue weighted by Crippen LogP contribution is -2.56. The number of carbonyl (C=O) groups is 4. The standard InChI is InChI=1S/C15H24N4O4S/c1-9-6-12(20)19(7-9)15(23)17-10(8-24-2)14(22)18-5-3-4-11(18)13(16)21/h9-11H,3-8H2,1-2H3,(H2,16,21)(H,17,23)/t9?,10?,11-/m0/s1. The van der Waals surface area contributed by atoms with Crippen LogP contribution in [0.3, 0.4) is 0 Å². The number of nitrogens with one attached hydrogen (secondary N) is 1. The number of nitrogens with zero attached hydrogens (tertiary/aromatic N) is 2. The molecule has 2 unspecified atom stereocenters. The van der Waals surface area contributed by atoms with Crippen LogP contribution in [0.15, 0.2) is 0 Å². The minimum absolute atomic E-state index is 0.121. The Balaban J connectivity index is 2.05. The molecule has 24 heavy (non-hydrogen) atoms. The quantitative estimate of drug-likeness (QED) is 0.707. The maximum Gasteiger partial charge on any atom is 0.324 e. The van der Waals surface area contributed by atoms with Gasteiger partial charge in [-0.1, -0.05) is 6.92 Å². The molecule has 0 bridgehead atoms. The first-order chi connectivity index (χ1) is 11.3. The van der Waals surface area contributed by atoms with Crippen LogP contribution in [0.4, 0.5) is 4.79 Å². The molecule has 5 amide bonds. The van der Waals surface area contributed by atoms with E-state index in [4.69, 9.17) is 5.73 Å². The maximum atomic E-state index is 12.7. The molecule has 8 nitrogen and oxygen atoms in total. The lowest BCUT2D eigenvalue weighted by molar-refractivity contribution is -0.138. The van der Waals surface area contributed by atoms with Gasteiger partial charge < -0.3 is 16.0 Å². The topological polar surface area (TPSA) is 113 Å². The van der Waals surface area contributed by atoms with E-state index in [2.05, 4.69) is 5.32 Å². The number of urea groups is 1. The van der Waals surface area contributed by atoms with Gasteiger partial charge in [0.15, 0.2) is 0 Å². The summed E-state index contributed by atoms with van der Waals surface area (Å²) in [4.78, 5) is 51.0. The molecular weight excluding hydrogens is 332 g/mol. The molecule has 2 heterocycles. The van der Waals surface area contributed by atoms with Crippen LogP contribution in [0.1, 0.15) is 26.2 Å². The van der Waals surface area contributed by atoms with E-state index in [0.29, 0.717) is 38.1 Å². The second-order valence-electron chi connectivity index (χ2n) is 6.36. The van der Waals surface area contributed by atoms with Crippen molar-refractivity contribution in [2.24, 2.45) is 11.7 Å². The largest absolute Gasteiger partial charge is 0.368 e. The highest BCUT2D eigenvalue weighted by molar-refractivity contribution is 7.98. The predicted octanol–water partition coefficient (Wildman–Crippen LogP) is -0.228. The van der Waals surface area contributed by atoms with E-state index in [1.54, 1.807) is 0 Å². The molecule has 0 radical (unpaired) electrons. The first-order valence-corrected chi connectivity index (χ1v) is 9.44. The normalized spacial score (nSPS) is 25.0. The summed E-state index contributed by atoms with van der Waals surface area (Å²) in [6.07, 6.45) is 3.42. The third-order valence-corrected chi connectivity index (χ3v) is 5.02. The van der Waals surface area contributed by atoms with Crippen LogP contribution in [0, 0.1) is 5.92 Å². The Kier molecular flexibility index (Phi) is 6.09. The zero-order chi connectivity index (χ0) is 17.9. The van der Waals surface area contributed by atoms with Crippen LogP contribution in [0.2, 0.25) is 0 Å². The lowest BCUT2D eigenvalue weighted by atomic mass is 10.2. The molecule has 0 aliphatic carbocycles. The smallest absolute Gasteiger partial charge is 0.324 e. The molecule has 2 fully saturated rings. The van der Waals surface area contributed by atoms with Gasteiger partial charge in [0.1, 0.15) is 12.1 Å². The number of likely N-dealkylation sites (tertiary alicyclic amines) is 2. The number of hydrogen-bond acceptors (Lipinski definition) is 5. The maximum absolute atomic E-state index is 12.7. The number of imide groups is 1. The summed E-state index contributed by atoms with van der Waals surface area (Å²) in [5, 5.41) is 2.65. The molecule has 2 aliphatic rings. The highest BCUT2D eigenvalue weighted by Crippen LogP contribution is 2.20. The Morgan fingerprint density at radius 1 is 1.42 bits per heavy atom. The van der Waals surface area contributed by atoms with Gasteiger partial charge in [-0.2, -0.15) is 11.8 Å². The summed E-state index contributed by atoms with van der Waals surface area (Å²) in [5.41, 5.74) is 5.36. The van der Waals surface area contributed by atoms with Crippen molar-refractivity contribution in [1.29, 1.82) is 0 Å². The summed E-state index contributed by atoms with van der Waals surface area (Å²) < 4.78 is 0. The minimum atomic E-state index is -0.781. The van der Waals surface area contributed by atoms with E-state index in [-0.39, 0.29) is 17.7 Å². The van der Waals surface area contributed by atoms with Gasteiger partial charge in [-0.25, -0.2) is 4.79 Å². The zero-order valence-corrected chi connectivity index (χ0v) is 14.8. The first-order valence-electron chi connectivity index (χ1n) is 8.04. The van der Waals surface area contributed by atoms with Crippen LogP contribution >= 0.6 is 11.8 Å². The molecule has 0 spiro atoms. The summed E-state index contributed by atoms with van der Waals surface area (Å²) in [7, 11) is 0. The molecule has 3 atom stereocenters. The average Bonchev–Trinajstić information content (AvgIpc) is 3.12. The molecule has 0 saturated carbocycles. The Labute approximate surface area is 145 Å². The van der Waals surface area contributed by atoms with Crippen LogP contribution in [-0.4, -0.2) is 70.7 Å². The second-order valence-corrected chi connectivity index (χ2v) is 7.27. The summed E-state index contributed by atoms with van der Waals surface area (Å²) in [6.45, 7) is 2.71. The highest BCUT2D eigenvalue weighted by atomic mass is 32.2. The molecule has 3 N–H and O–H groups in total. The van der Waals surface area contributed by atoms with Crippen molar-refractivity contribution in [3.63, 3.8) is 0 Å². The number of primary amides is 1. The molecule has 2 rings (SSSR count). The fourth-order valence-electron chi connectivity index (χ4n) is 3.18. The van der Waals surface area contributed by atoms with Gasteiger partial charge in [0.25, 0.3) is 0 Å². The van der Waals surface area contributed by atoms with Crippen LogP contribution in [0.25, 0.3) is 0 Å². The molecule has 2 aliphatic heterocycles. The van der Waals surface area contributed by atoms with Gasteiger partial charge >= 0.3 is 6.03 Å². The van der Waals surface area contributed by atoms with Gasteiger partial charge in [-0.05, 0) is 25.0 Å². The Hall–Kier alpha value is -1.77. The summed E-state index contributed by atoms with van der Waals surface area (Å²) in [6, 6.07) is -1.95. The van der Waals surface area contributed by atoms with E-state index in [1.807, 2.05) is 13.2 Å². The van der Waals surface area contributed by atoms with E-state index >= 15 is 0 Å². The SMILES string of the molecule is CSCC(NC(=O)N1CC(C)CC1=O)C(=O)N1CCC[C@H]1C(N)=O. The zero-order valence-electron chi connectivity index (χ0n) is 14.0. The number of carbonyl (C=O) groups excluding carboxylic acids is 4. The highest BCUT2D eigenvalue weighted by Gasteiger charge is 2.38. The van der Waals surface area contributed by atoms with E-state index in [9.17, 15) is 19.2 Å². The Bertz CT molecular complexity index is 542. The molecule has 134 valence electrons. The molecule has 0 aromatic rings. The summed E-state index contributed by atoms with van der Waals surface area (Å²) in [5.74, 6) is -0.593. The van der Waals surface area contributed by atoms with E-state index in [1.165, 1.54) is 16.7 Å². The monoisotopic (exact) mass is 356 g/mol. The lowest BCUT2D eigenvalue weighted by Gasteiger charge is -2.28. The average molecular weight is 356 g/mol. The van der Waals surface area contributed by atoms with Crippen molar-refractivity contribution in [2.75, 3.05) is 25.1 Å².